The highest BCUT2D eigenvalue weighted by atomic mass is 19.4. The van der Waals surface area contributed by atoms with Crippen LogP contribution in [-0.4, -0.2) is 6.03 Å². The monoisotopic (exact) mass is 326 g/mol. The highest BCUT2D eigenvalue weighted by Crippen LogP contribution is 2.29. The van der Waals surface area contributed by atoms with Gasteiger partial charge in [0.05, 0.1) is 5.56 Å². The lowest BCUT2D eigenvalue weighted by molar-refractivity contribution is -0.137. The van der Waals surface area contributed by atoms with Gasteiger partial charge < -0.3 is 10.6 Å². The predicted molar refractivity (Wildman–Crippen MR) is 76.9 cm³/mol. The van der Waals surface area contributed by atoms with Crippen molar-refractivity contribution in [2.75, 3.05) is 0 Å². The summed E-state index contributed by atoms with van der Waals surface area (Å²) < 4.78 is 50.5. The summed E-state index contributed by atoms with van der Waals surface area (Å²) in [5, 5.41) is 5.01. The molecular weight excluding hydrogens is 312 g/mol. The number of benzene rings is 2. The summed E-state index contributed by atoms with van der Waals surface area (Å²) in [6.07, 6.45) is -4.42. The quantitative estimate of drug-likeness (QED) is 0.824. The number of hydrogen-bond acceptors (Lipinski definition) is 1. The van der Waals surface area contributed by atoms with E-state index in [-0.39, 0.29) is 18.9 Å². The van der Waals surface area contributed by atoms with Gasteiger partial charge in [-0.2, -0.15) is 13.2 Å². The maximum Gasteiger partial charge on any atom is 0.416 e. The van der Waals surface area contributed by atoms with Crippen molar-refractivity contribution in [2.24, 2.45) is 0 Å². The standard InChI is InChI=1S/C16H14F4N2O/c17-14-6-4-11(5-7-14)9-21-15(23)22-10-12-2-1-3-13(8-12)16(18,19)20/h1-8H,9-10H2,(H2,21,22,23). The zero-order chi connectivity index (χ0) is 16.9. The van der Waals surface area contributed by atoms with E-state index in [0.29, 0.717) is 11.1 Å². The van der Waals surface area contributed by atoms with Gasteiger partial charge >= 0.3 is 12.2 Å². The van der Waals surface area contributed by atoms with Crippen LogP contribution in [-0.2, 0) is 19.3 Å². The number of halogens is 4. The summed E-state index contributed by atoms with van der Waals surface area (Å²) in [7, 11) is 0. The molecule has 0 heterocycles. The second-order valence-corrected chi connectivity index (χ2v) is 4.86. The van der Waals surface area contributed by atoms with Crippen LogP contribution in [0.1, 0.15) is 16.7 Å². The number of hydrogen-bond donors (Lipinski definition) is 2. The number of alkyl halides is 3. The summed E-state index contributed by atoms with van der Waals surface area (Å²) in [6.45, 7) is 0.161. The highest BCUT2D eigenvalue weighted by molar-refractivity contribution is 5.73. The Kier molecular flexibility index (Phi) is 5.20. The number of rotatable bonds is 4. The Labute approximate surface area is 130 Å². The smallest absolute Gasteiger partial charge is 0.334 e. The van der Waals surface area contributed by atoms with E-state index in [2.05, 4.69) is 10.6 Å². The molecule has 0 aliphatic carbocycles. The van der Waals surface area contributed by atoms with Crippen molar-refractivity contribution in [3.63, 3.8) is 0 Å². The topological polar surface area (TPSA) is 41.1 Å². The summed E-state index contributed by atoms with van der Waals surface area (Å²) >= 11 is 0. The Bertz CT molecular complexity index is 669. The number of urea groups is 1. The van der Waals surface area contributed by atoms with Gasteiger partial charge in [0.2, 0.25) is 0 Å². The lowest BCUT2D eigenvalue weighted by atomic mass is 10.1. The van der Waals surface area contributed by atoms with Gasteiger partial charge in [-0.1, -0.05) is 24.3 Å². The van der Waals surface area contributed by atoms with Crippen molar-refractivity contribution in [2.45, 2.75) is 19.3 Å². The van der Waals surface area contributed by atoms with Gasteiger partial charge in [0.1, 0.15) is 5.82 Å². The van der Waals surface area contributed by atoms with Gasteiger partial charge in [0.15, 0.2) is 0 Å². The molecule has 0 aliphatic heterocycles. The maximum absolute atomic E-state index is 12.7. The van der Waals surface area contributed by atoms with E-state index in [0.717, 1.165) is 12.1 Å². The molecule has 0 aromatic heterocycles. The van der Waals surface area contributed by atoms with Gasteiger partial charge in [-0.05, 0) is 35.4 Å². The zero-order valence-corrected chi connectivity index (χ0v) is 12.0. The summed E-state index contributed by atoms with van der Waals surface area (Å²) in [5.41, 5.74) is 0.292. The van der Waals surface area contributed by atoms with E-state index in [1.807, 2.05) is 0 Å². The van der Waals surface area contributed by atoms with Gasteiger partial charge in [0, 0.05) is 13.1 Å². The molecule has 0 fully saturated rings. The Morgan fingerprint density at radius 2 is 1.52 bits per heavy atom. The molecule has 23 heavy (non-hydrogen) atoms. The van der Waals surface area contributed by atoms with Crippen LogP contribution in [0.5, 0.6) is 0 Å². The Hall–Kier alpha value is -2.57. The Balaban J connectivity index is 1.83. The maximum atomic E-state index is 12.7. The number of nitrogens with one attached hydrogen (secondary N) is 2. The second kappa shape index (κ2) is 7.13. The third-order valence-electron chi connectivity index (χ3n) is 3.07. The number of carbonyl (C=O) groups is 1. The van der Waals surface area contributed by atoms with E-state index in [1.165, 1.54) is 36.4 Å². The third kappa shape index (κ3) is 5.28. The van der Waals surface area contributed by atoms with Crippen LogP contribution in [0.4, 0.5) is 22.4 Å². The van der Waals surface area contributed by atoms with Crippen LogP contribution in [0.3, 0.4) is 0 Å². The number of amides is 2. The van der Waals surface area contributed by atoms with E-state index in [9.17, 15) is 22.4 Å². The van der Waals surface area contributed by atoms with Crippen molar-refractivity contribution in [1.29, 1.82) is 0 Å². The van der Waals surface area contributed by atoms with Gasteiger partial charge in [-0.25, -0.2) is 9.18 Å². The molecular formula is C16H14F4N2O. The molecule has 2 amide bonds. The van der Waals surface area contributed by atoms with Crippen molar-refractivity contribution in [3.05, 3.63) is 71.0 Å². The minimum absolute atomic E-state index is 0.0286. The van der Waals surface area contributed by atoms with E-state index < -0.39 is 17.8 Å². The molecule has 3 nitrogen and oxygen atoms in total. The lowest BCUT2D eigenvalue weighted by Crippen LogP contribution is -2.34. The highest BCUT2D eigenvalue weighted by Gasteiger charge is 2.30. The first-order valence-electron chi connectivity index (χ1n) is 6.77. The average molecular weight is 326 g/mol. The first kappa shape index (κ1) is 16.8. The minimum Gasteiger partial charge on any atom is -0.334 e. The molecule has 0 bridgehead atoms. The van der Waals surface area contributed by atoms with Crippen LogP contribution in [0.15, 0.2) is 48.5 Å². The van der Waals surface area contributed by atoms with E-state index >= 15 is 0 Å². The Morgan fingerprint density at radius 3 is 2.13 bits per heavy atom. The molecule has 0 unspecified atom stereocenters. The molecule has 0 saturated heterocycles. The molecule has 0 spiro atoms. The van der Waals surface area contributed by atoms with Crippen LogP contribution in [0.25, 0.3) is 0 Å². The first-order valence-corrected chi connectivity index (χ1v) is 6.77. The molecule has 2 rings (SSSR count). The fourth-order valence-electron chi connectivity index (χ4n) is 1.89. The first-order chi connectivity index (χ1) is 10.8. The molecule has 0 radical (unpaired) electrons. The summed E-state index contributed by atoms with van der Waals surface area (Å²) in [5.74, 6) is -0.372. The molecule has 2 aromatic rings. The second-order valence-electron chi connectivity index (χ2n) is 4.86. The zero-order valence-electron chi connectivity index (χ0n) is 12.0. The summed E-state index contributed by atoms with van der Waals surface area (Å²) in [4.78, 5) is 11.6. The van der Waals surface area contributed by atoms with Crippen LogP contribution in [0, 0.1) is 5.82 Å². The minimum atomic E-state index is -4.42. The largest absolute Gasteiger partial charge is 0.416 e. The van der Waals surface area contributed by atoms with Gasteiger partial charge in [-0.15, -0.1) is 0 Å². The van der Waals surface area contributed by atoms with Crippen LogP contribution >= 0.6 is 0 Å². The third-order valence-corrected chi connectivity index (χ3v) is 3.07. The van der Waals surface area contributed by atoms with Gasteiger partial charge in [0.25, 0.3) is 0 Å². The SMILES string of the molecule is O=C(NCc1ccc(F)cc1)NCc1cccc(C(F)(F)F)c1. The molecule has 0 aliphatic rings. The molecule has 2 N–H and O–H groups in total. The average Bonchev–Trinajstić information content (AvgIpc) is 2.52. The lowest BCUT2D eigenvalue weighted by Gasteiger charge is -2.10. The van der Waals surface area contributed by atoms with Crippen molar-refractivity contribution >= 4 is 6.03 Å². The summed E-state index contributed by atoms with van der Waals surface area (Å²) in [6, 6.07) is 9.83. The van der Waals surface area contributed by atoms with E-state index in [1.54, 1.807) is 0 Å². The fraction of sp³-hybridized carbons (Fsp3) is 0.188. The van der Waals surface area contributed by atoms with Gasteiger partial charge in [-0.3, -0.25) is 0 Å². The van der Waals surface area contributed by atoms with Crippen LogP contribution < -0.4 is 10.6 Å². The van der Waals surface area contributed by atoms with Crippen molar-refractivity contribution < 1.29 is 22.4 Å². The molecule has 7 heteroatoms. The molecule has 0 saturated carbocycles. The molecule has 0 atom stereocenters. The van der Waals surface area contributed by atoms with Crippen LogP contribution in [0.2, 0.25) is 0 Å². The number of carbonyl (C=O) groups excluding carboxylic acids is 1. The van der Waals surface area contributed by atoms with E-state index in [4.69, 9.17) is 0 Å². The predicted octanol–water partition coefficient (Wildman–Crippen LogP) is 3.84. The van der Waals surface area contributed by atoms with Crippen molar-refractivity contribution in [1.82, 2.24) is 10.6 Å². The Morgan fingerprint density at radius 1 is 0.913 bits per heavy atom. The normalized spacial score (nSPS) is 11.1. The van der Waals surface area contributed by atoms with Crippen molar-refractivity contribution in [3.8, 4) is 0 Å². The molecule has 2 aromatic carbocycles. The molecule has 122 valence electrons. The fourth-order valence-corrected chi connectivity index (χ4v) is 1.89.